The minimum atomic E-state index is -1.01. The summed E-state index contributed by atoms with van der Waals surface area (Å²) in [5.74, 6) is -1.53. The molecule has 1 aliphatic heterocycles. The van der Waals surface area contributed by atoms with Crippen molar-refractivity contribution in [1.29, 1.82) is 0 Å². The van der Waals surface area contributed by atoms with E-state index in [1.54, 1.807) is 5.57 Å². The summed E-state index contributed by atoms with van der Waals surface area (Å²) in [4.78, 5) is 24.2. The third kappa shape index (κ3) is 7.99. The number of benzene rings is 2. The maximum absolute atomic E-state index is 11.3. The summed E-state index contributed by atoms with van der Waals surface area (Å²) in [5.41, 5.74) is 8.76. The van der Waals surface area contributed by atoms with E-state index in [0.717, 1.165) is 45.3 Å². The molecule has 0 amide bonds. The predicted molar refractivity (Wildman–Crippen MR) is 141 cm³/mol. The Morgan fingerprint density at radius 1 is 0.730 bits per heavy atom. The van der Waals surface area contributed by atoms with Gasteiger partial charge in [0.2, 0.25) is 0 Å². The maximum atomic E-state index is 11.3. The van der Waals surface area contributed by atoms with Gasteiger partial charge in [-0.1, -0.05) is 54.1 Å². The molecule has 1 fully saturated rings. The average Bonchev–Trinajstić information content (AvgIpc) is 3.08. The summed E-state index contributed by atoms with van der Waals surface area (Å²) in [6.07, 6.45) is 4.00. The lowest BCUT2D eigenvalue weighted by Gasteiger charge is -2.30. The number of carbonyl (C=O) groups is 2. The Labute approximate surface area is 219 Å². The Morgan fingerprint density at radius 2 is 1.30 bits per heavy atom. The minimum absolute atomic E-state index is 0.117. The number of hydrogen-bond acceptors (Lipinski definition) is 6. The standard InChI is InChI=1S/C30H37NO6/c32-28(33)11-12-29(34)37-22-21-36-20-19-35-18-17-31-15-13-25(14-16-31)30-26-7-3-1-5-23(26)9-10-24-6-2-4-8-27(24)30/h1-8H,9-22H2,(H,32,33). The number of hydrogen-bond donors (Lipinski definition) is 1. The van der Waals surface area contributed by atoms with E-state index >= 15 is 0 Å². The lowest BCUT2D eigenvalue weighted by molar-refractivity contribution is -0.149. The number of fused-ring (bicyclic) bond motifs is 2. The largest absolute Gasteiger partial charge is 0.481 e. The number of aryl methyl sites for hydroxylation is 2. The van der Waals surface area contributed by atoms with Crippen molar-refractivity contribution in [3.63, 3.8) is 0 Å². The summed E-state index contributed by atoms with van der Waals surface area (Å²) >= 11 is 0. The monoisotopic (exact) mass is 507 g/mol. The molecule has 0 saturated carbocycles. The summed E-state index contributed by atoms with van der Waals surface area (Å²) in [7, 11) is 0. The van der Waals surface area contributed by atoms with Gasteiger partial charge in [-0.2, -0.15) is 0 Å². The molecule has 0 radical (unpaired) electrons. The van der Waals surface area contributed by atoms with E-state index < -0.39 is 11.9 Å². The van der Waals surface area contributed by atoms with E-state index in [2.05, 4.69) is 53.4 Å². The molecule has 0 spiro atoms. The Hall–Kier alpha value is -3.00. The summed E-state index contributed by atoms with van der Waals surface area (Å²) < 4.78 is 16.1. The van der Waals surface area contributed by atoms with Gasteiger partial charge in [0.25, 0.3) is 0 Å². The number of esters is 1. The van der Waals surface area contributed by atoms with Crippen molar-refractivity contribution in [3.8, 4) is 0 Å². The van der Waals surface area contributed by atoms with Gasteiger partial charge in [0.1, 0.15) is 6.61 Å². The van der Waals surface area contributed by atoms with E-state index in [1.807, 2.05) is 0 Å². The van der Waals surface area contributed by atoms with Crippen LogP contribution in [0.4, 0.5) is 0 Å². The van der Waals surface area contributed by atoms with E-state index in [4.69, 9.17) is 19.3 Å². The topological polar surface area (TPSA) is 85.3 Å². The first-order valence-corrected chi connectivity index (χ1v) is 13.3. The number of aliphatic carboxylic acids is 1. The van der Waals surface area contributed by atoms with Crippen molar-refractivity contribution in [1.82, 2.24) is 4.90 Å². The van der Waals surface area contributed by atoms with Crippen molar-refractivity contribution in [2.75, 3.05) is 52.7 Å². The van der Waals surface area contributed by atoms with Crippen molar-refractivity contribution < 1.29 is 28.9 Å². The molecule has 0 bridgehead atoms. The number of carbonyl (C=O) groups excluding carboxylic acids is 1. The van der Waals surface area contributed by atoms with Crippen LogP contribution in [0.3, 0.4) is 0 Å². The van der Waals surface area contributed by atoms with Gasteiger partial charge in [0.15, 0.2) is 0 Å². The Kier molecular flexibility index (Phi) is 10.3. The fourth-order valence-corrected chi connectivity index (χ4v) is 5.07. The molecule has 0 atom stereocenters. The van der Waals surface area contributed by atoms with Crippen LogP contribution in [-0.2, 0) is 36.6 Å². The fourth-order valence-electron chi connectivity index (χ4n) is 5.07. The fraction of sp³-hybridized carbons (Fsp3) is 0.467. The molecule has 2 aromatic carbocycles. The van der Waals surface area contributed by atoms with Gasteiger partial charge in [-0.25, -0.2) is 0 Å². The lowest BCUT2D eigenvalue weighted by Crippen LogP contribution is -2.34. The highest BCUT2D eigenvalue weighted by molar-refractivity contribution is 5.86. The zero-order valence-corrected chi connectivity index (χ0v) is 21.5. The third-order valence-electron chi connectivity index (χ3n) is 7.01. The second-order valence-electron chi connectivity index (χ2n) is 9.47. The van der Waals surface area contributed by atoms with Crippen molar-refractivity contribution in [2.45, 2.75) is 38.5 Å². The van der Waals surface area contributed by atoms with Gasteiger partial charge < -0.3 is 24.2 Å². The van der Waals surface area contributed by atoms with Gasteiger partial charge in [-0.15, -0.1) is 0 Å². The molecule has 198 valence electrons. The summed E-state index contributed by atoms with van der Waals surface area (Å²) in [6.45, 7) is 4.96. The number of rotatable bonds is 12. The van der Waals surface area contributed by atoms with Crippen LogP contribution in [0.2, 0.25) is 0 Å². The molecule has 1 N–H and O–H groups in total. The number of carboxylic acid groups (broad SMARTS) is 1. The van der Waals surface area contributed by atoms with Crippen LogP contribution in [-0.4, -0.2) is 74.6 Å². The van der Waals surface area contributed by atoms with E-state index in [1.165, 1.54) is 27.8 Å². The first-order chi connectivity index (χ1) is 18.1. The first kappa shape index (κ1) is 27.0. The highest BCUT2D eigenvalue weighted by Crippen LogP contribution is 2.38. The van der Waals surface area contributed by atoms with Crippen LogP contribution in [0, 0.1) is 0 Å². The molecule has 0 aromatic heterocycles. The average molecular weight is 508 g/mol. The second kappa shape index (κ2) is 14.1. The molecule has 0 unspecified atom stereocenters. The van der Waals surface area contributed by atoms with Crippen LogP contribution < -0.4 is 0 Å². The number of likely N-dealkylation sites (tertiary alicyclic amines) is 1. The Balaban J connectivity index is 1.17. The predicted octanol–water partition coefficient (Wildman–Crippen LogP) is 4.12. The van der Waals surface area contributed by atoms with Gasteiger partial charge in [-0.3, -0.25) is 9.59 Å². The zero-order chi connectivity index (χ0) is 25.9. The quantitative estimate of drug-likeness (QED) is 0.342. The van der Waals surface area contributed by atoms with Gasteiger partial charge in [0, 0.05) is 19.6 Å². The van der Waals surface area contributed by atoms with Crippen molar-refractivity contribution in [2.24, 2.45) is 0 Å². The molecular weight excluding hydrogens is 470 g/mol. The smallest absolute Gasteiger partial charge is 0.306 e. The van der Waals surface area contributed by atoms with Crippen LogP contribution in [0.15, 0.2) is 54.1 Å². The SMILES string of the molecule is O=C(O)CCC(=O)OCCOCCOCCN1CCC(=C2c3ccccc3CCc3ccccc32)CC1. The number of carboxylic acids is 1. The summed E-state index contributed by atoms with van der Waals surface area (Å²) in [5, 5.41) is 8.55. The molecule has 4 rings (SSSR count). The van der Waals surface area contributed by atoms with Crippen LogP contribution in [0.5, 0.6) is 0 Å². The maximum Gasteiger partial charge on any atom is 0.306 e. The van der Waals surface area contributed by atoms with Gasteiger partial charge in [-0.05, 0) is 53.5 Å². The van der Waals surface area contributed by atoms with Crippen LogP contribution in [0.1, 0.15) is 47.9 Å². The number of ether oxygens (including phenoxy) is 3. The lowest BCUT2D eigenvalue weighted by atomic mass is 9.86. The molecule has 2 aliphatic rings. The van der Waals surface area contributed by atoms with E-state index in [0.29, 0.717) is 19.8 Å². The van der Waals surface area contributed by atoms with E-state index in [9.17, 15) is 9.59 Å². The number of nitrogens with zero attached hydrogens (tertiary/aromatic N) is 1. The van der Waals surface area contributed by atoms with Gasteiger partial charge in [0.05, 0.1) is 39.3 Å². The van der Waals surface area contributed by atoms with E-state index in [-0.39, 0.29) is 26.1 Å². The molecule has 2 aromatic rings. The number of piperidine rings is 1. The highest BCUT2D eigenvalue weighted by atomic mass is 16.6. The Morgan fingerprint density at radius 3 is 1.92 bits per heavy atom. The molecule has 1 aliphatic carbocycles. The molecule has 7 nitrogen and oxygen atoms in total. The first-order valence-electron chi connectivity index (χ1n) is 13.3. The second-order valence-corrected chi connectivity index (χ2v) is 9.47. The van der Waals surface area contributed by atoms with Crippen molar-refractivity contribution in [3.05, 3.63) is 76.4 Å². The minimum Gasteiger partial charge on any atom is -0.481 e. The normalized spacial score (nSPS) is 15.6. The molecule has 37 heavy (non-hydrogen) atoms. The molecule has 7 heteroatoms. The highest BCUT2D eigenvalue weighted by Gasteiger charge is 2.23. The third-order valence-corrected chi connectivity index (χ3v) is 7.01. The van der Waals surface area contributed by atoms with Crippen LogP contribution in [0.25, 0.3) is 5.57 Å². The van der Waals surface area contributed by atoms with Gasteiger partial charge >= 0.3 is 11.9 Å². The Bertz CT molecular complexity index is 1040. The molecule has 1 heterocycles. The van der Waals surface area contributed by atoms with Crippen molar-refractivity contribution >= 4 is 17.5 Å². The van der Waals surface area contributed by atoms with Crippen LogP contribution >= 0.6 is 0 Å². The summed E-state index contributed by atoms with van der Waals surface area (Å²) in [6, 6.07) is 17.8. The zero-order valence-electron chi connectivity index (χ0n) is 21.5. The molecular formula is C30H37NO6. The molecule has 1 saturated heterocycles.